The largest absolute Gasteiger partial charge is 0.327 e. The molecule has 0 unspecified atom stereocenters. The minimum atomic E-state index is 0.540. The Labute approximate surface area is 75.7 Å². The van der Waals surface area contributed by atoms with Gasteiger partial charge in [-0.1, -0.05) is 6.08 Å². The molecular weight excluding hydrogens is 164 g/mol. The van der Waals surface area contributed by atoms with Crippen LogP contribution in [0, 0.1) is 0 Å². The first-order chi connectivity index (χ1) is 6.42. The number of nitrogens with two attached hydrogens (primary N) is 1. The van der Waals surface area contributed by atoms with Crippen LogP contribution in [-0.2, 0) is 0 Å². The van der Waals surface area contributed by atoms with Crippen LogP contribution in [-0.4, -0.2) is 20.9 Å². The highest BCUT2D eigenvalue weighted by atomic mass is 15.0. The van der Waals surface area contributed by atoms with Gasteiger partial charge >= 0.3 is 0 Å². The number of rotatable bonds is 2. The van der Waals surface area contributed by atoms with Gasteiger partial charge in [-0.25, -0.2) is 4.98 Å². The first-order valence-corrected chi connectivity index (χ1v) is 4.05. The SMILES string of the molecule is NCC=Cc1cnc2cnccn12. The molecule has 2 rings (SSSR count). The van der Waals surface area contributed by atoms with E-state index in [1.165, 1.54) is 0 Å². The molecule has 0 fully saturated rings. The minimum Gasteiger partial charge on any atom is -0.327 e. The maximum absolute atomic E-state index is 5.36. The third-order valence-electron chi connectivity index (χ3n) is 1.77. The van der Waals surface area contributed by atoms with Crippen LogP contribution >= 0.6 is 0 Å². The summed E-state index contributed by atoms with van der Waals surface area (Å²) < 4.78 is 1.96. The smallest absolute Gasteiger partial charge is 0.155 e. The molecule has 2 N–H and O–H groups in total. The summed E-state index contributed by atoms with van der Waals surface area (Å²) >= 11 is 0. The molecule has 0 radical (unpaired) electrons. The molecule has 2 aromatic heterocycles. The van der Waals surface area contributed by atoms with Gasteiger partial charge in [-0.3, -0.25) is 9.38 Å². The molecule has 0 spiro atoms. The second-order valence-corrected chi connectivity index (χ2v) is 2.63. The zero-order valence-corrected chi connectivity index (χ0v) is 7.09. The standard InChI is InChI=1S/C9H10N4/c10-3-1-2-8-6-12-9-7-11-4-5-13(8)9/h1-2,4-7H,3,10H2. The van der Waals surface area contributed by atoms with Gasteiger partial charge in [0.25, 0.3) is 0 Å². The molecule has 0 aliphatic rings. The van der Waals surface area contributed by atoms with Crippen molar-refractivity contribution in [3.05, 3.63) is 36.6 Å². The Morgan fingerprint density at radius 3 is 3.23 bits per heavy atom. The molecule has 2 heterocycles. The zero-order chi connectivity index (χ0) is 9.10. The highest BCUT2D eigenvalue weighted by Gasteiger charge is 1.97. The summed E-state index contributed by atoms with van der Waals surface area (Å²) in [4.78, 5) is 8.15. The molecular formula is C9H10N4. The molecule has 0 aliphatic carbocycles. The van der Waals surface area contributed by atoms with E-state index in [1.807, 2.05) is 22.7 Å². The van der Waals surface area contributed by atoms with Crippen LogP contribution in [0.15, 0.2) is 30.9 Å². The summed E-state index contributed by atoms with van der Waals surface area (Å²) in [5, 5.41) is 0. The van der Waals surface area contributed by atoms with E-state index in [1.54, 1.807) is 18.6 Å². The fraction of sp³-hybridized carbons (Fsp3) is 0.111. The molecule has 4 nitrogen and oxygen atoms in total. The molecule has 2 aromatic rings. The lowest BCUT2D eigenvalue weighted by Gasteiger charge is -1.93. The van der Waals surface area contributed by atoms with Gasteiger partial charge < -0.3 is 5.73 Å². The van der Waals surface area contributed by atoms with Crippen molar-refractivity contribution in [1.82, 2.24) is 14.4 Å². The molecule has 0 atom stereocenters. The Balaban J connectivity index is 2.52. The molecule has 4 heteroatoms. The fourth-order valence-electron chi connectivity index (χ4n) is 1.17. The summed E-state index contributed by atoms with van der Waals surface area (Å²) in [6.07, 6.45) is 11.0. The van der Waals surface area contributed by atoms with Crippen LogP contribution in [0.2, 0.25) is 0 Å². The molecule has 13 heavy (non-hydrogen) atoms. The van der Waals surface area contributed by atoms with Gasteiger partial charge in [0.05, 0.1) is 18.1 Å². The van der Waals surface area contributed by atoms with Crippen molar-refractivity contribution in [2.45, 2.75) is 0 Å². The van der Waals surface area contributed by atoms with Crippen LogP contribution in [0.1, 0.15) is 5.69 Å². The quantitative estimate of drug-likeness (QED) is 0.729. The third kappa shape index (κ3) is 1.43. The first-order valence-electron chi connectivity index (χ1n) is 4.05. The summed E-state index contributed by atoms with van der Waals surface area (Å²) in [6, 6.07) is 0. The molecule has 0 amide bonds. The summed E-state index contributed by atoms with van der Waals surface area (Å²) in [5.74, 6) is 0. The van der Waals surface area contributed by atoms with Crippen molar-refractivity contribution in [3.63, 3.8) is 0 Å². The highest BCUT2D eigenvalue weighted by molar-refractivity contribution is 5.51. The number of hydrogen-bond acceptors (Lipinski definition) is 3. The first kappa shape index (κ1) is 7.94. The molecule has 0 aromatic carbocycles. The lowest BCUT2D eigenvalue weighted by atomic mass is 10.4. The average Bonchev–Trinajstić information content (AvgIpc) is 2.58. The molecule has 0 aliphatic heterocycles. The summed E-state index contributed by atoms with van der Waals surface area (Å²) in [5.41, 5.74) is 7.22. The summed E-state index contributed by atoms with van der Waals surface area (Å²) in [7, 11) is 0. The van der Waals surface area contributed by atoms with Crippen molar-refractivity contribution in [3.8, 4) is 0 Å². The number of nitrogens with zero attached hydrogens (tertiary/aromatic N) is 3. The van der Waals surface area contributed by atoms with E-state index >= 15 is 0 Å². The lowest BCUT2D eigenvalue weighted by Crippen LogP contribution is -1.93. The van der Waals surface area contributed by atoms with Crippen LogP contribution in [0.3, 0.4) is 0 Å². The van der Waals surface area contributed by atoms with E-state index in [4.69, 9.17) is 5.73 Å². The normalized spacial score (nSPS) is 11.5. The Bertz CT molecular complexity index is 430. The van der Waals surface area contributed by atoms with E-state index in [2.05, 4.69) is 9.97 Å². The maximum atomic E-state index is 5.36. The number of aromatic nitrogens is 3. The van der Waals surface area contributed by atoms with Gasteiger partial charge in [0.2, 0.25) is 0 Å². The van der Waals surface area contributed by atoms with Gasteiger partial charge in [-0.05, 0) is 6.08 Å². The average molecular weight is 174 g/mol. The second kappa shape index (κ2) is 3.37. The van der Waals surface area contributed by atoms with Crippen molar-refractivity contribution in [2.75, 3.05) is 6.54 Å². The van der Waals surface area contributed by atoms with Crippen molar-refractivity contribution in [2.24, 2.45) is 5.73 Å². The Morgan fingerprint density at radius 2 is 2.38 bits per heavy atom. The molecule has 66 valence electrons. The summed E-state index contributed by atoms with van der Waals surface area (Å²) in [6.45, 7) is 0.540. The van der Waals surface area contributed by atoms with Crippen LogP contribution in [0.5, 0.6) is 0 Å². The third-order valence-corrected chi connectivity index (χ3v) is 1.77. The van der Waals surface area contributed by atoms with E-state index in [0.29, 0.717) is 6.54 Å². The van der Waals surface area contributed by atoms with Gasteiger partial charge in [0.15, 0.2) is 5.65 Å². The van der Waals surface area contributed by atoms with Crippen LogP contribution < -0.4 is 5.73 Å². The van der Waals surface area contributed by atoms with Gasteiger partial charge in [-0.2, -0.15) is 0 Å². The lowest BCUT2D eigenvalue weighted by molar-refractivity contribution is 1.11. The van der Waals surface area contributed by atoms with Crippen molar-refractivity contribution >= 4 is 11.7 Å². The molecule has 0 saturated carbocycles. The maximum Gasteiger partial charge on any atom is 0.155 e. The minimum absolute atomic E-state index is 0.540. The monoisotopic (exact) mass is 174 g/mol. The highest BCUT2D eigenvalue weighted by Crippen LogP contribution is 2.05. The zero-order valence-electron chi connectivity index (χ0n) is 7.09. The van der Waals surface area contributed by atoms with Gasteiger partial charge in [0, 0.05) is 18.9 Å². The predicted octanol–water partition coefficient (Wildman–Crippen LogP) is 0.701. The number of hydrogen-bond donors (Lipinski definition) is 1. The van der Waals surface area contributed by atoms with Crippen molar-refractivity contribution in [1.29, 1.82) is 0 Å². The van der Waals surface area contributed by atoms with Gasteiger partial charge in [0.1, 0.15) is 0 Å². The Kier molecular flexibility index (Phi) is 2.06. The number of imidazole rings is 1. The van der Waals surface area contributed by atoms with Crippen LogP contribution in [0.25, 0.3) is 11.7 Å². The second-order valence-electron chi connectivity index (χ2n) is 2.63. The van der Waals surface area contributed by atoms with Gasteiger partial charge in [-0.15, -0.1) is 0 Å². The van der Waals surface area contributed by atoms with Crippen LogP contribution in [0.4, 0.5) is 0 Å². The number of fused-ring (bicyclic) bond motifs is 1. The van der Waals surface area contributed by atoms with E-state index in [9.17, 15) is 0 Å². The van der Waals surface area contributed by atoms with E-state index < -0.39 is 0 Å². The molecule has 0 bridgehead atoms. The Hall–Kier alpha value is -1.68. The fourth-order valence-corrected chi connectivity index (χ4v) is 1.17. The predicted molar refractivity (Wildman–Crippen MR) is 51.1 cm³/mol. The van der Waals surface area contributed by atoms with E-state index in [-0.39, 0.29) is 0 Å². The topological polar surface area (TPSA) is 56.2 Å². The Morgan fingerprint density at radius 1 is 1.46 bits per heavy atom. The van der Waals surface area contributed by atoms with Crippen molar-refractivity contribution < 1.29 is 0 Å². The molecule has 0 saturated heterocycles. The van der Waals surface area contributed by atoms with E-state index in [0.717, 1.165) is 11.3 Å².